The molecular formula is C16H18N2O4. The van der Waals surface area contributed by atoms with Crippen LogP contribution in [-0.2, 0) is 4.74 Å². The first kappa shape index (κ1) is 13.7. The van der Waals surface area contributed by atoms with Crippen LogP contribution in [0.25, 0.3) is 0 Å². The van der Waals surface area contributed by atoms with Crippen LogP contribution in [0, 0.1) is 11.3 Å². The molecule has 4 rings (SSSR count). The summed E-state index contributed by atoms with van der Waals surface area (Å²) in [5.41, 5.74) is 0.366. The highest BCUT2D eigenvalue weighted by atomic mass is 16.5. The second-order valence-corrected chi connectivity index (χ2v) is 6.52. The fourth-order valence-corrected chi connectivity index (χ4v) is 4.37. The zero-order chi connectivity index (χ0) is 15.3. The minimum atomic E-state index is -1.13. The molecule has 6 nitrogen and oxygen atoms in total. The quantitative estimate of drug-likeness (QED) is 0.882. The molecule has 1 aromatic rings. The number of aromatic nitrogens is 1. The average molecular weight is 302 g/mol. The fraction of sp³-hybridized carbons (Fsp3) is 0.562. The van der Waals surface area contributed by atoms with E-state index < -0.39 is 5.97 Å². The number of rotatable bonds is 3. The van der Waals surface area contributed by atoms with Gasteiger partial charge >= 0.3 is 5.97 Å². The second-order valence-electron chi connectivity index (χ2n) is 6.52. The van der Waals surface area contributed by atoms with Crippen LogP contribution in [0.15, 0.2) is 18.3 Å². The predicted octanol–water partition coefficient (Wildman–Crippen LogP) is 1.47. The van der Waals surface area contributed by atoms with Crippen LogP contribution in [0.2, 0.25) is 0 Å². The van der Waals surface area contributed by atoms with Crippen molar-refractivity contribution >= 4 is 11.9 Å². The highest BCUT2D eigenvalue weighted by molar-refractivity contribution is 5.96. The van der Waals surface area contributed by atoms with Gasteiger partial charge in [0.05, 0.1) is 6.10 Å². The third-order valence-electron chi connectivity index (χ3n) is 5.56. The number of ether oxygens (including phenoxy) is 1. The Hall–Kier alpha value is -1.95. The molecule has 1 aliphatic heterocycles. The van der Waals surface area contributed by atoms with E-state index in [2.05, 4.69) is 10.3 Å². The summed E-state index contributed by atoms with van der Waals surface area (Å²) in [5.74, 6) is -0.936. The Labute approximate surface area is 127 Å². The first-order chi connectivity index (χ1) is 10.6. The number of hydrogen-bond acceptors (Lipinski definition) is 4. The van der Waals surface area contributed by atoms with E-state index >= 15 is 0 Å². The molecule has 2 heterocycles. The molecule has 0 radical (unpaired) electrons. The Bertz CT molecular complexity index is 641. The molecule has 3 atom stereocenters. The lowest BCUT2D eigenvalue weighted by atomic mass is 9.46. The van der Waals surface area contributed by atoms with Gasteiger partial charge in [0.2, 0.25) is 0 Å². The normalized spacial score (nSPS) is 31.0. The molecule has 0 bridgehead atoms. The highest BCUT2D eigenvalue weighted by Crippen LogP contribution is 2.62. The van der Waals surface area contributed by atoms with Gasteiger partial charge in [-0.25, -0.2) is 9.78 Å². The predicted molar refractivity (Wildman–Crippen MR) is 76.6 cm³/mol. The van der Waals surface area contributed by atoms with Gasteiger partial charge in [-0.1, -0.05) is 6.42 Å². The summed E-state index contributed by atoms with van der Waals surface area (Å²) in [6.07, 6.45) is 6.07. The summed E-state index contributed by atoms with van der Waals surface area (Å²) in [4.78, 5) is 27.2. The zero-order valence-electron chi connectivity index (χ0n) is 12.1. The first-order valence-corrected chi connectivity index (χ1v) is 7.74. The maximum atomic E-state index is 12.5. The molecular weight excluding hydrogens is 284 g/mol. The van der Waals surface area contributed by atoms with Gasteiger partial charge in [-0.2, -0.15) is 0 Å². The molecule has 3 aliphatic rings. The topological polar surface area (TPSA) is 88.5 Å². The third kappa shape index (κ3) is 1.80. The van der Waals surface area contributed by atoms with Crippen molar-refractivity contribution in [2.45, 2.75) is 37.8 Å². The van der Waals surface area contributed by atoms with Gasteiger partial charge in [0, 0.05) is 35.7 Å². The smallest absolute Gasteiger partial charge is 0.354 e. The largest absolute Gasteiger partial charge is 0.477 e. The van der Waals surface area contributed by atoms with E-state index in [-0.39, 0.29) is 23.1 Å². The molecule has 2 aliphatic carbocycles. The van der Waals surface area contributed by atoms with E-state index in [1.165, 1.54) is 18.7 Å². The van der Waals surface area contributed by atoms with Crippen LogP contribution < -0.4 is 5.32 Å². The molecule has 0 aromatic carbocycles. The van der Waals surface area contributed by atoms with Gasteiger partial charge in [0.15, 0.2) is 0 Å². The minimum Gasteiger partial charge on any atom is -0.477 e. The van der Waals surface area contributed by atoms with Crippen molar-refractivity contribution in [3.05, 3.63) is 29.6 Å². The number of aromatic carboxylic acids is 1. The van der Waals surface area contributed by atoms with E-state index in [1.807, 2.05) is 0 Å². The molecule has 116 valence electrons. The van der Waals surface area contributed by atoms with Crippen LogP contribution >= 0.6 is 0 Å². The number of nitrogens with one attached hydrogen (secondary N) is 1. The summed E-state index contributed by atoms with van der Waals surface area (Å²) < 4.78 is 5.84. The molecule has 1 spiro atoms. The molecule has 2 N–H and O–H groups in total. The monoisotopic (exact) mass is 302 g/mol. The molecule has 1 aromatic heterocycles. The molecule has 1 amide bonds. The molecule has 3 fully saturated rings. The zero-order valence-corrected chi connectivity index (χ0v) is 12.1. The van der Waals surface area contributed by atoms with Gasteiger partial charge in [-0.15, -0.1) is 0 Å². The Morgan fingerprint density at radius 3 is 2.91 bits per heavy atom. The number of carbonyl (C=O) groups is 2. The number of amides is 1. The van der Waals surface area contributed by atoms with E-state index in [1.54, 1.807) is 6.07 Å². The van der Waals surface area contributed by atoms with Crippen LogP contribution in [-0.4, -0.2) is 40.7 Å². The molecule has 22 heavy (non-hydrogen) atoms. The van der Waals surface area contributed by atoms with E-state index in [9.17, 15) is 9.59 Å². The summed E-state index contributed by atoms with van der Waals surface area (Å²) in [7, 11) is 0. The maximum absolute atomic E-state index is 12.5. The second kappa shape index (κ2) is 4.78. The summed E-state index contributed by atoms with van der Waals surface area (Å²) in [5, 5.41) is 12.1. The number of carboxylic acids is 1. The van der Waals surface area contributed by atoms with Gasteiger partial charge in [-0.3, -0.25) is 4.79 Å². The van der Waals surface area contributed by atoms with Crippen molar-refractivity contribution in [3.8, 4) is 0 Å². The first-order valence-electron chi connectivity index (χ1n) is 7.74. The standard InChI is InChI=1S/C16H18N2O4/c19-14(9-2-6-17-11(8-9)15(20)21)18-12-10-3-7-22-13(10)16(12)4-1-5-16/h2,6,8,10,12-13H,1,3-5,7H2,(H,18,19)(H,20,21). The number of fused-ring (bicyclic) bond motifs is 2. The molecule has 1 saturated heterocycles. The van der Waals surface area contributed by atoms with Crippen molar-refractivity contribution in [2.24, 2.45) is 11.3 Å². The fourth-order valence-electron chi connectivity index (χ4n) is 4.37. The van der Waals surface area contributed by atoms with Gasteiger partial charge in [-0.05, 0) is 31.4 Å². The maximum Gasteiger partial charge on any atom is 0.354 e. The number of pyridine rings is 1. The van der Waals surface area contributed by atoms with Crippen molar-refractivity contribution in [2.75, 3.05) is 6.61 Å². The minimum absolute atomic E-state index is 0.110. The van der Waals surface area contributed by atoms with Gasteiger partial charge in [0.25, 0.3) is 5.91 Å². The Balaban J connectivity index is 1.52. The van der Waals surface area contributed by atoms with Crippen molar-refractivity contribution < 1.29 is 19.4 Å². The summed E-state index contributed by atoms with van der Waals surface area (Å²) in [6, 6.07) is 3.03. The van der Waals surface area contributed by atoms with Crippen LogP contribution in [0.1, 0.15) is 46.5 Å². The van der Waals surface area contributed by atoms with E-state index in [4.69, 9.17) is 9.84 Å². The summed E-state index contributed by atoms with van der Waals surface area (Å²) in [6.45, 7) is 0.780. The van der Waals surface area contributed by atoms with E-state index in [0.717, 1.165) is 25.9 Å². The van der Waals surface area contributed by atoms with E-state index in [0.29, 0.717) is 17.6 Å². The Morgan fingerprint density at radius 1 is 1.41 bits per heavy atom. The average Bonchev–Trinajstić information content (AvgIpc) is 2.88. The summed E-state index contributed by atoms with van der Waals surface area (Å²) >= 11 is 0. The van der Waals surface area contributed by atoms with Gasteiger partial charge < -0.3 is 15.2 Å². The number of nitrogens with zero attached hydrogens (tertiary/aromatic N) is 1. The molecule has 6 heteroatoms. The van der Waals surface area contributed by atoms with Crippen LogP contribution in [0.4, 0.5) is 0 Å². The lowest BCUT2D eigenvalue weighted by Crippen LogP contribution is -2.71. The third-order valence-corrected chi connectivity index (χ3v) is 5.56. The van der Waals surface area contributed by atoms with Crippen molar-refractivity contribution in [3.63, 3.8) is 0 Å². The van der Waals surface area contributed by atoms with Crippen LogP contribution in [0.5, 0.6) is 0 Å². The lowest BCUT2D eigenvalue weighted by molar-refractivity contribution is -0.172. The SMILES string of the molecule is O=C(NC1C2CCOC2C12CCC2)c1ccnc(C(=O)O)c1. The van der Waals surface area contributed by atoms with Crippen molar-refractivity contribution in [1.82, 2.24) is 10.3 Å². The van der Waals surface area contributed by atoms with Crippen molar-refractivity contribution in [1.29, 1.82) is 0 Å². The number of carboxylic acid groups (broad SMARTS) is 1. The molecule has 2 saturated carbocycles. The highest BCUT2D eigenvalue weighted by Gasteiger charge is 2.66. The number of carbonyl (C=O) groups excluding carboxylic acids is 1. The van der Waals surface area contributed by atoms with Crippen LogP contribution in [0.3, 0.4) is 0 Å². The Morgan fingerprint density at radius 2 is 2.23 bits per heavy atom. The molecule has 3 unspecified atom stereocenters. The Kier molecular flexibility index (Phi) is 2.97. The lowest BCUT2D eigenvalue weighted by Gasteiger charge is -2.63. The van der Waals surface area contributed by atoms with Gasteiger partial charge in [0.1, 0.15) is 5.69 Å². The number of hydrogen-bond donors (Lipinski definition) is 2.